The molecule has 0 unspecified atom stereocenters. The quantitative estimate of drug-likeness (QED) is 0.590. The van der Waals surface area contributed by atoms with Crippen LogP contribution in [0.25, 0.3) is 0 Å². The van der Waals surface area contributed by atoms with Crippen LogP contribution < -0.4 is 5.32 Å². The average molecular weight is 294 g/mol. The first-order valence-electron chi connectivity index (χ1n) is 7.03. The molecule has 0 saturated heterocycles. The summed E-state index contributed by atoms with van der Waals surface area (Å²) in [4.78, 5) is 15.9. The summed E-state index contributed by atoms with van der Waals surface area (Å²) < 4.78 is 4.78. The summed E-state index contributed by atoms with van der Waals surface area (Å²) in [5, 5.41) is 4.41. The number of aromatic nitrogens is 1. The van der Waals surface area contributed by atoms with Gasteiger partial charge < -0.3 is 10.1 Å². The molecular formula is C15H22N2O2S. The summed E-state index contributed by atoms with van der Waals surface area (Å²) in [5.41, 5.74) is 1.37. The number of hydrogen-bond acceptors (Lipinski definition) is 5. The Labute approximate surface area is 124 Å². The lowest BCUT2D eigenvalue weighted by molar-refractivity contribution is -0.141. The van der Waals surface area contributed by atoms with Gasteiger partial charge in [-0.05, 0) is 36.4 Å². The maximum Gasteiger partial charge on any atom is 0.306 e. The van der Waals surface area contributed by atoms with Crippen LogP contribution in [-0.2, 0) is 16.1 Å². The van der Waals surface area contributed by atoms with Gasteiger partial charge in [0.15, 0.2) is 0 Å². The summed E-state index contributed by atoms with van der Waals surface area (Å²) >= 11 is 1.76. The maximum absolute atomic E-state index is 11.4. The first-order chi connectivity index (χ1) is 9.69. The fourth-order valence-corrected chi connectivity index (χ4v) is 3.39. The second-order valence-electron chi connectivity index (χ2n) is 5.29. The van der Waals surface area contributed by atoms with Gasteiger partial charge in [0.25, 0.3) is 0 Å². The van der Waals surface area contributed by atoms with Crippen molar-refractivity contribution in [1.29, 1.82) is 0 Å². The lowest BCUT2D eigenvalue weighted by Crippen LogP contribution is -2.15. The monoisotopic (exact) mass is 294 g/mol. The Morgan fingerprint density at radius 1 is 1.55 bits per heavy atom. The van der Waals surface area contributed by atoms with Crippen molar-refractivity contribution in [3.63, 3.8) is 0 Å². The highest BCUT2D eigenvalue weighted by atomic mass is 32.2. The summed E-state index contributed by atoms with van der Waals surface area (Å²) in [7, 11) is 1.46. The highest BCUT2D eigenvalue weighted by molar-refractivity contribution is 7.99. The fourth-order valence-electron chi connectivity index (χ4n) is 2.10. The van der Waals surface area contributed by atoms with Gasteiger partial charge in [0.05, 0.1) is 13.5 Å². The van der Waals surface area contributed by atoms with E-state index in [2.05, 4.69) is 23.3 Å². The number of pyridine rings is 1. The molecule has 1 aliphatic carbocycles. The molecule has 0 atom stereocenters. The fraction of sp³-hybridized carbons (Fsp3) is 0.600. The van der Waals surface area contributed by atoms with Gasteiger partial charge in [-0.3, -0.25) is 4.79 Å². The number of hydrogen-bond donors (Lipinski definition) is 1. The molecule has 5 heteroatoms. The van der Waals surface area contributed by atoms with Crippen molar-refractivity contribution >= 4 is 17.7 Å². The topological polar surface area (TPSA) is 51.2 Å². The molecule has 0 spiro atoms. The number of rotatable bonds is 8. The van der Waals surface area contributed by atoms with Crippen LogP contribution >= 0.6 is 11.8 Å². The van der Waals surface area contributed by atoms with E-state index in [-0.39, 0.29) is 11.4 Å². The molecule has 1 fully saturated rings. The molecule has 1 N–H and O–H groups in total. The second-order valence-corrected chi connectivity index (χ2v) is 6.25. The average Bonchev–Trinajstić information content (AvgIpc) is 3.23. The van der Waals surface area contributed by atoms with E-state index in [0.717, 1.165) is 36.7 Å². The molecule has 0 amide bonds. The van der Waals surface area contributed by atoms with Crippen LogP contribution in [-0.4, -0.2) is 30.4 Å². The van der Waals surface area contributed by atoms with Crippen LogP contribution in [0.3, 0.4) is 0 Å². The lowest BCUT2D eigenvalue weighted by atomic mass is 10.1. The molecule has 2 rings (SSSR count). The van der Waals surface area contributed by atoms with E-state index in [4.69, 9.17) is 4.74 Å². The smallest absolute Gasteiger partial charge is 0.306 e. The molecule has 1 aromatic heterocycles. The van der Waals surface area contributed by atoms with Crippen molar-refractivity contribution in [2.45, 2.75) is 37.8 Å². The van der Waals surface area contributed by atoms with Gasteiger partial charge in [0, 0.05) is 18.5 Å². The number of ether oxygens (including phenoxy) is 1. The molecule has 0 aliphatic heterocycles. The highest BCUT2D eigenvalue weighted by Crippen LogP contribution is 2.52. The third-order valence-electron chi connectivity index (χ3n) is 3.63. The SMILES string of the molecule is CCNCc1cccnc1SCC1(CC(=O)OC)CC1. The number of thioether (sulfide) groups is 1. The number of methoxy groups -OCH3 is 1. The minimum atomic E-state index is -0.100. The van der Waals surface area contributed by atoms with Gasteiger partial charge in [-0.25, -0.2) is 4.98 Å². The summed E-state index contributed by atoms with van der Waals surface area (Å²) in [6.45, 7) is 3.89. The normalized spacial score (nSPS) is 15.9. The van der Waals surface area contributed by atoms with E-state index < -0.39 is 0 Å². The van der Waals surface area contributed by atoms with E-state index in [0.29, 0.717) is 6.42 Å². The van der Waals surface area contributed by atoms with Gasteiger partial charge in [0.1, 0.15) is 5.03 Å². The molecule has 0 aromatic carbocycles. The maximum atomic E-state index is 11.4. The van der Waals surface area contributed by atoms with Crippen LogP contribution in [0, 0.1) is 5.41 Å². The van der Waals surface area contributed by atoms with Crippen molar-refractivity contribution in [3.05, 3.63) is 23.9 Å². The molecule has 20 heavy (non-hydrogen) atoms. The molecular weight excluding hydrogens is 272 g/mol. The number of nitrogens with one attached hydrogen (secondary N) is 1. The van der Waals surface area contributed by atoms with E-state index in [1.807, 2.05) is 12.3 Å². The zero-order valence-corrected chi connectivity index (χ0v) is 13.0. The Bertz CT molecular complexity index is 461. The van der Waals surface area contributed by atoms with Crippen molar-refractivity contribution in [1.82, 2.24) is 10.3 Å². The molecule has 1 saturated carbocycles. The molecule has 0 radical (unpaired) electrons. The zero-order valence-electron chi connectivity index (χ0n) is 12.1. The zero-order chi connectivity index (χ0) is 14.4. The number of esters is 1. The number of nitrogens with zero attached hydrogens (tertiary/aromatic N) is 1. The first-order valence-corrected chi connectivity index (χ1v) is 8.02. The van der Waals surface area contributed by atoms with E-state index in [9.17, 15) is 4.79 Å². The minimum absolute atomic E-state index is 0.100. The minimum Gasteiger partial charge on any atom is -0.469 e. The van der Waals surface area contributed by atoms with Crippen molar-refractivity contribution in [2.24, 2.45) is 5.41 Å². The van der Waals surface area contributed by atoms with E-state index in [1.54, 1.807) is 11.8 Å². The molecule has 4 nitrogen and oxygen atoms in total. The number of carbonyl (C=O) groups excluding carboxylic acids is 1. The third-order valence-corrected chi connectivity index (χ3v) is 5.03. The predicted octanol–water partition coefficient (Wildman–Crippen LogP) is 2.63. The van der Waals surface area contributed by atoms with Gasteiger partial charge in [0.2, 0.25) is 0 Å². The first kappa shape index (κ1) is 15.3. The van der Waals surface area contributed by atoms with E-state index in [1.165, 1.54) is 12.7 Å². The summed E-state index contributed by atoms with van der Waals surface area (Å²) in [6, 6.07) is 4.08. The Morgan fingerprint density at radius 2 is 2.35 bits per heavy atom. The van der Waals surface area contributed by atoms with Gasteiger partial charge in [-0.1, -0.05) is 13.0 Å². The largest absolute Gasteiger partial charge is 0.469 e. The van der Waals surface area contributed by atoms with Crippen molar-refractivity contribution in [2.75, 3.05) is 19.4 Å². The summed E-state index contributed by atoms with van der Waals surface area (Å²) in [5.74, 6) is 0.843. The Morgan fingerprint density at radius 3 is 3.00 bits per heavy atom. The molecule has 1 aromatic rings. The van der Waals surface area contributed by atoms with Crippen LogP contribution in [0.5, 0.6) is 0 Å². The second kappa shape index (κ2) is 7.09. The van der Waals surface area contributed by atoms with Gasteiger partial charge in [-0.2, -0.15) is 0 Å². The van der Waals surface area contributed by atoms with Crippen LogP contribution in [0.4, 0.5) is 0 Å². The molecule has 1 aliphatic rings. The number of carbonyl (C=O) groups is 1. The van der Waals surface area contributed by atoms with E-state index >= 15 is 0 Å². The highest BCUT2D eigenvalue weighted by Gasteiger charge is 2.44. The molecule has 1 heterocycles. The van der Waals surface area contributed by atoms with Crippen LogP contribution in [0.2, 0.25) is 0 Å². The molecule has 0 bridgehead atoms. The predicted molar refractivity (Wildman–Crippen MR) is 80.6 cm³/mol. The Hall–Kier alpha value is -1.07. The lowest BCUT2D eigenvalue weighted by Gasteiger charge is -2.14. The molecule has 110 valence electrons. The Kier molecular flexibility index (Phi) is 5.43. The standard InChI is InChI=1S/C15H22N2O2S/c1-3-16-10-12-5-4-8-17-14(12)20-11-15(6-7-15)9-13(18)19-2/h4-5,8,16H,3,6-7,9-11H2,1-2H3. The van der Waals surface area contributed by atoms with Crippen molar-refractivity contribution < 1.29 is 9.53 Å². The van der Waals surface area contributed by atoms with Crippen LogP contribution in [0.1, 0.15) is 31.7 Å². The summed E-state index contributed by atoms with van der Waals surface area (Å²) in [6.07, 6.45) is 4.60. The van der Waals surface area contributed by atoms with Crippen LogP contribution in [0.15, 0.2) is 23.4 Å². The van der Waals surface area contributed by atoms with Gasteiger partial charge in [-0.15, -0.1) is 11.8 Å². The van der Waals surface area contributed by atoms with Gasteiger partial charge >= 0.3 is 5.97 Å². The Balaban J connectivity index is 1.92. The third kappa shape index (κ3) is 4.21. The van der Waals surface area contributed by atoms with Crippen molar-refractivity contribution in [3.8, 4) is 0 Å².